The molecule has 0 radical (unpaired) electrons. The van der Waals surface area contributed by atoms with Crippen molar-refractivity contribution in [2.24, 2.45) is 0 Å². The number of carbonyl (C=O) groups is 1. The lowest BCUT2D eigenvalue weighted by atomic mass is 10.0. The van der Waals surface area contributed by atoms with Gasteiger partial charge in [0.2, 0.25) is 0 Å². The Hall–Kier alpha value is -1.65. The average molecular weight is 200 g/mol. The van der Waals surface area contributed by atoms with E-state index in [1.807, 2.05) is 0 Å². The lowest BCUT2D eigenvalue weighted by Gasteiger charge is -2.01. The Bertz CT molecular complexity index is 403. The quantitative estimate of drug-likeness (QED) is 0.747. The summed E-state index contributed by atoms with van der Waals surface area (Å²) >= 11 is 0. The molecule has 5 heteroatoms. The zero-order valence-electron chi connectivity index (χ0n) is 6.96. The first-order valence-corrected chi connectivity index (χ1v) is 3.94. The summed E-state index contributed by atoms with van der Waals surface area (Å²) in [6.07, 6.45) is 0. The van der Waals surface area contributed by atoms with Crippen molar-refractivity contribution >= 4 is 5.97 Å². The van der Waals surface area contributed by atoms with Gasteiger partial charge < -0.3 is 9.84 Å². The third kappa shape index (κ3) is 1.21. The Balaban J connectivity index is 2.50. The van der Waals surface area contributed by atoms with Crippen molar-refractivity contribution in [3.63, 3.8) is 0 Å². The molecule has 0 fully saturated rings. The van der Waals surface area contributed by atoms with Crippen molar-refractivity contribution in [3.8, 4) is 5.75 Å². The maximum Gasteiger partial charge on any atom is 0.314 e. The summed E-state index contributed by atoms with van der Waals surface area (Å²) in [4.78, 5) is 10.7. The maximum absolute atomic E-state index is 12.8. The summed E-state index contributed by atoms with van der Waals surface area (Å²) < 4.78 is 30.4. The van der Waals surface area contributed by atoms with Gasteiger partial charge in [-0.15, -0.1) is 0 Å². The molecule has 0 bridgehead atoms. The zero-order valence-corrected chi connectivity index (χ0v) is 6.96. The van der Waals surface area contributed by atoms with Gasteiger partial charge in [-0.1, -0.05) is 0 Å². The number of halogens is 2. The number of carboxylic acid groups (broad SMARTS) is 1. The third-order valence-corrected chi connectivity index (χ3v) is 2.13. The molecule has 1 aromatic rings. The first-order valence-electron chi connectivity index (χ1n) is 3.94. The zero-order chi connectivity index (χ0) is 10.3. The average Bonchev–Trinajstić information content (AvgIpc) is 2.48. The molecule has 1 aliphatic rings. The minimum absolute atomic E-state index is 0.0758. The Morgan fingerprint density at radius 3 is 2.71 bits per heavy atom. The molecule has 0 saturated carbocycles. The number of benzene rings is 1. The van der Waals surface area contributed by atoms with E-state index in [1.54, 1.807) is 0 Å². The first kappa shape index (κ1) is 8.93. The van der Waals surface area contributed by atoms with Crippen LogP contribution in [0, 0.1) is 11.6 Å². The highest BCUT2D eigenvalue weighted by Gasteiger charge is 2.31. The van der Waals surface area contributed by atoms with Crippen LogP contribution in [-0.4, -0.2) is 17.7 Å². The van der Waals surface area contributed by atoms with Gasteiger partial charge in [-0.3, -0.25) is 4.79 Å². The fraction of sp³-hybridized carbons (Fsp3) is 0.222. The van der Waals surface area contributed by atoms with Gasteiger partial charge in [0.25, 0.3) is 0 Å². The number of aliphatic carboxylic acids is 1. The van der Waals surface area contributed by atoms with Gasteiger partial charge >= 0.3 is 5.97 Å². The van der Waals surface area contributed by atoms with E-state index < -0.39 is 23.5 Å². The lowest BCUT2D eigenvalue weighted by Crippen LogP contribution is -2.12. The molecule has 1 heterocycles. The summed E-state index contributed by atoms with van der Waals surface area (Å²) in [5.74, 6) is -3.98. The SMILES string of the molecule is O=C(O)C1COc2cc(F)c(F)cc21. The van der Waals surface area contributed by atoms with Crippen LogP contribution in [0.15, 0.2) is 12.1 Å². The summed E-state index contributed by atoms with van der Waals surface area (Å²) in [6, 6.07) is 1.74. The molecule has 0 aliphatic carbocycles. The molecule has 1 unspecified atom stereocenters. The number of hydrogen-bond acceptors (Lipinski definition) is 2. The standard InChI is InChI=1S/C9H6F2O3/c10-6-1-4-5(9(12)13)3-14-8(4)2-7(6)11/h1-2,5H,3H2,(H,12,13). The molecule has 74 valence electrons. The van der Waals surface area contributed by atoms with E-state index >= 15 is 0 Å². The van der Waals surface area contributed by atoms with Gasteiger partial charge in [-0.2, -0.15) is 0 Å². The number of ether oxygens (including phenoxy) is 1. The van der Waals surface area contributed by atoms with Crippen LogP contribution in [0.25, 0.3) is 0 Å². The highest BCUT2D eigenvalue weighted by molar-refractivity contribution is 5.78. The minimum Gasteiger partial charge on any atom is -0.492 e. The molecule has 14 heavy (non-hydrogen) atoms. The minimum atomic E-state index is -1.10. The van der Waals surface area contributed by atoms with E-state index in [9.17, 15) is 13.6 Å². The number of fused-ring (bicyclic) bond motifs is 1. The molecule has 2 rings (SSSR count). The molecule has 0 amide bonds. The lowest BCUT2D eigenvalue weighted by molar-refractivity contribution is -0.138. The fourth-order valence-corrected chi connectivity index (χ4v) is 1.41. The van der Waals surface area contributed by atoms with Gasteiger partial charge in [-0.25, -0.2) is 8.78 Å². The monoisotopic (exact) mass is 200 g/mol. The predicted octanol–water partition coefficient (Wildman–Crippen LogP) is 1.53. The molecule has 1 aliphatic heterocycles. The van der Waals surface area contributed by atoms with Gasteiger partial charge in [0.15, 0.2) is 11.6 Å². The second-order valence-electron chi connectivity index (χ2n) is 3.01. The molecule has 1 N–H and O–H groups in total. The Kier molecular flexibility index (Phi) is 1.87. The van der Waals surface area contributed by atoms with E-state index in [0.29, 0.717) is 0 Å². The summed E-state index contributed by atoms with van der Waals surface area (Å²) in [7, 11) is 0. The van der Waals surface area contributed by atoms with Crippen molar-refractivity contribution in [2.75, 3.05) is 6.61 Å². The molecule has 0 spiro atoms. The highest BCUT2D eigenvalue weighted by Crippen LogP contribution is 2.35. The second-order valence-corrected chi connectivity index (χ2v) is 3.01. The number of carboxylic acids is 1. The van der Waals surface area contributed by atoms with Gasteiger partial charge in [0.05, 0.1) is 0 Å². The van der Waals surface area contributed by atoms with Crippen molar-refractivity contribution in [3.05, 3.63) is 29.3 Å². The Morgan fingerprint density at radius 2 is 2.07 bits per heavy atom. The van der Waals surface area contributed by atoms with Crippen LogP contribution in [0.4, 0.5) is 8.78 Å². The van der Waals surface area contributed by atoms with Crippen LogP contribution in [0.2, 0.25) is 0 Å². The summed E-state index contributed by atoms with van der Waals surface area (Å²) in [5.41, 5.74) is 0.191. The topological polar surface area (TPSA) is 46.5 Å². The molecule has 0 aromatic heterocycles. The second kappa shape index (κ2) is 2.94. The van der Waals surface area contributed by atoms with Gasteiger partial charge in [0.1, 0.15) is 18.3 Å². The first-order chi connectivity index (χ1) is 6.59. The molecule has 1 atom stereocenters. The van der Waals surface area contributed by atoms with Crippen LogP contribution >= 0.6 is 0 Å². The van der Waals surface area contributed by atoms with Crippen molar-refractivity contribution < 1.29 is 23.4 Å². The Morgan fingerprint density at radius 1 is 1.43 bits per heavy atom. The highest BCUT2D eigenvalue weighted by atomic mass is 19.2. The van der Waals surface area contributed by atoms with Crippen LogP contribution in [0.3, 0.4) is 0 Å². The van der Waals surface area contributed by atoms with Crippen LogP contribution in [0.5, 0.6) is 5.75 Å². The summed E-state index contributed by atoms with van der Waals surface area (Å²) in [5, 5.41) is 8.72. The van der Waals surface area contributed by atoms with E-state index in [1.165, 1.54) is 0 Å². The van der Waals surface area contributed by atoms with E-state index in [-0.39, 0.29) is 17.9 Å². The normalized spacial score (nSPS) is 18.9. The van der Waals surface area contributed by atoms with Crippen molar-refractivity contribution in [1.29, 1.82) is 0 Å². The third-order valence-electron chi connectivity index (χ3n) is 2.13. The molecule has 1 aromatic carbocycles. The predicted molar refractivity (Wildman–Crippen MR) is 42.2 cm³/mol. The van der Waals surface area contributed by atoms with Crippen molar-refractivity contribution in [2.45, 2.75) is 5.92 Å². The molecule has 3 nitrogen and oxygen atoms in total. The fourth-order valence-electron chi connectivity index (χ4n) is 1.41. The van der Waals surface area contributed by atoms with E-state index in [2.05, 4.69) is 0 Å². The summed E-state index contributed by atoms with van der Waals surface area (Å²) in [6.45, 7) is -0.0758. The van der Waals surface area contributed by atoms with Crippen LogP contribution in [-0.2, 0) is 4.79 Å². The van der Waals surface area contributed by atoms with Gasteiger partial charge in [0, 0.05) is 11.6 Å². The largest absolute Gasteiger partial charge is 0.492 e. The van der Waals surface area contributed by atoms with Crippen LogP contribution in [0.1, 0.15) is 11.5 Å². The van der Waals surface area contributed by atoms with Gasteiger partial charge in [-0.05, 0) is 6.07 Å². The van der Waals surface area contributed by atoms with E-state index in [0.717, 1.165) is 12.1 Å². The number of hydrogen-bond donors (Lipinski definition) is 1. The molecular weight excluding hydrogens is 194 g/mol. The van der Waals surface area contributed by atoms with Crippen molar-refractivity contribution in [1.82, 2.24) is 0 Å². The molecule has 0 saturated heterocycles. The van der Waals surface area contributed by atoms with Crippen LogP contribution < -0.4 is 4.74 Å². The number of rotatable bonds is 1. The Labute approximate surface area is 77.9 Å². The van der Waals surface area contributed by atoms with E-state index in [4.69, 9.17) is 9.84 Å². The maximum atomic E-state index is 12.8. The molecular formula is C9H6F2O3. The smallest absolute Gasteiger partial charge is 0.314 e.